The Morgan fingerprint density at radius 1 is 1.43 bits per heavy atom. The molecule has 1 aromatic rings. The minimum absolute atomic E-state index is 0.172. The Labute approximate surface area is 127 Å². The monoisotopic (exact) mass is 312 g/mol. The fourth-order valence-electron chi connectivity index (χ4n) is 1.52. The van der Waals surface area contributed by atoms with Gasteiger partial charge in [-0.05, 0) is 34.1 Å². The SMILES string of the molecule is CCC(C)=C(C(=O)O)c1csc(NC(=O)OC(C)(C)C)n1. The van der Waals surface area contributed by atoms with Crippen molar-refractivity contribution >= 4 is 34.1 Å². The number of thiazole rings is 1. The van der Waals surface area contributed by atoms with Crippen molar-refractivity contribution in [2.24, 2.45) is 0 Å². The van der Waals surface area contributed by atoms with Crippen molar-refractivity contribution in [3.05, 3.63) is 16.6 Å². The number of hydrogen-bond donors (Lipinski definition) is 2. The summed E-state index contributed by atoms with van der Waals surface area (Å²) in [6, 6.07) is 0. The third-order valence-electron chi connectivity index (χ3n) is 2.54. The Bertz CT molecular complexity index is 570. The number of carbonyl (C=O) groups is 2. The summed E-state index contributed by atoms with van der Waals surface area (Å²) in [4.78, 5) is 27.1. The van der Waals surface area contributed by atoms with Crippen molar-refractivity contribution in [2.75, 3.05) is 5.32 Å². The zero-order valence-electron chi connectivity index (χ0n) is 12.8. The number of aromatic nitrogens is 1. The molecule has 0 fully saturated rings. The molecule has 0 aliphatic heterocycles. The third kappa shape index (κ3) is 5.18. The van der Waals surface area contributed by atoms with Gasteiger partial charge in [-0.2, -0.15) is 0 Å². The largest absolute Gasteiger partial charge is 0.478 e. The summed E-state index contributed by atoms with van der Waals surface area (Å²) in [6.45, 7) is 8.91. The highest BCUT2D eigenvalue weighted by atomic mass is 32.1. The first-order valence-corrected chi connectivity index (χ1v) is 7.41. The van der Waals surface area contributed by atoms with E-state index < -0.39 is 17.7 Å². The predicted octanol–water partition coefficient (Wildman–Crippen LogP) is 3.76. The molecule has 0 atom stereocenters. The van der Waals surface area contributed by atoms with Crippen LogP contribution in [0.2, 0.25) is 0 Å². The van der Waals surface area contributed by atoms with Crippen LogP contribution in [0.4, 0.5) is 9.93 Å². The summed E-state index contributed by atoms with van der Waals surface area (Å²) in [5.74, 6) is -1.02. The Balaban J connectivity index is 2.91. The molecule has 1 amide bonds. The number of rotatable bonds is 4. The van der Waals surface area contributed by atoms with Gasteiger partial charge in [-0.15, -0.1) is 11.3 Å². The van der Waals surface area contributed by atoms with E-state index in [9.17, 15) is 14.7 Å². The quantitative estimate of drug-likeness (QED) is 0.826. The second-order valence-corrected chi connectivity index (χ2v) is 6.34. The fourth-order valence-corrected chi connectivity index (χ4v) is 2.21. The highest BCUT2D eigenvalue weighted by Crippen LogP contribution is 2.25. The molecular formula is C14H20N2O4S. The van der Waals surface area contributed by atoms with E-state index in [4.69, 9.17) is 4.74 Å². The average molecular weight is 312 g/mol. The first-order chi connectivity index (χ1) is 9.64. The maximum absolute atomic E-state index is 11.6. The number of carboxylic acid groups (broad SMARTS) is 1. The lowest BCUT2D eigenvalue weighted by Gasteiger charge is -2.18. The molecule has 21 heavy (non-hydrogen) atoms. The number of ether oxygens (including phenoxy) is 1. The standard InChI is InChI=1S/C14H20N2O4S/c1-6-8(2)10(11(17)18)9-7-21-12(15-9)16-13(19)20-14(3,4)5/h7H,6H2,1-5H3,(H,17,18)(H,15,16,19). The van der Waals surface area contributed by atoms with Crippen LogP contribution in [0.3, 0.4) is 0 Å². The molecule has 0 saturated carbocycles. The number of anilines is 1. The van der Waals surface area contributed by atoms with E-state index in [1.54, 1.807) is 33.1 Å². The van der Waals surface area contributed by atoms with Gasteiger partial charge in [0.2, 0.25) is 0 Å². The molecule has 0 radical (unpaired) electrons. The Kier molecular flexibility index (Phi) is 5.48. The van der Waals surface area contributed by atoms with E-state index >= 15 is 0 Å². The third-order valence-corrected chi connectivity index (χ3v) is 3.30. The molecule has 116 valence electrons. The van der Waals surface area contributed by atoms with Gasteiger partial charge in [-0.1, -0.05) is 12.5 Å². The van der Waals surface area contributed by atoms with Crippen LogP contribution in [0.15, 0.2) is 11.0 Å². The topological polar surface area (TPSA) is 88.5 Å². The molecular weight excluding hydrogens is 292 g/mol. The molecule has 0 aliphatic carbocycles. The van der Waals surface area contributed by atoms with Crippen LogP contribution in [-0.4, -0.2) is 27.8 Å². The normalized spacial score (nSPS) is 12.6. The molecule has 0 bridgehead atoms. The van der Waals surface area contributed by atoms with Gasteiger partial charge in [-0.25, -0.2) is 14.6 Å². The zero-order valence-corrected chi connectivity index (χ0v) is 13.6. The van der Waals surface area contributed by atoms with Crippen molar-refractivity contribution in [3.8, 4) is 0 Å². The molecule has 0 saturated heterocycles. The van der Waals surface area contributed by atoms with Crippen molar-refractivity contribution in [1.82, 2.24) is 4.98 Å². The van der Waals surface area contributed by atoms with Crippen molar-refractivity contribution in [3.63, 3.8) is 0 Å². The molecule has 0 aromatic carbocycles. The van der Waals surface area contributed by atoms with E-state index in [-0.39, 0.29) is 5.57 Å². The van der Waals surface area contributed by atoms with Crippen LogP contribution in [0.25, 0.3) is 5.57 Å². The number of carbonyl (C=O) groups excluding carboxylic acids is 1. The van der Waals surface area contributed by atoms with Gasteiger partial charge in [0.25, 0.3) is 0 Å². The number of hydrogen-bond acceptors (Lipinski definition) is 5. The van der Waals surface area contributed by atoms with Crippen LogP contribution in [-0.2, 0) is 9.53 Å². The van der Waals surface area contributed by atoms with E-state index in [0.717, 1.165) is 16.9 Å². The smallest absolute Gasteiger partial charge is 0.413 e. The molecule has 0 spiro atoms. The predicted molar refractivity (Wildman–Crippen MR) is 82.5 cm³/mol. The summed E-state index contributed by atoms with van der Waals surface area (Å²) in [5.41, 5.74) is 0.648. The van der Waals surface area contributed by atoms with Gasteiger partial charge in [0.05, 0.1) is 11.3 Å². The van der Waals surface area contributed by atoms with E-state index in [0.29, 0.717) is 17.2 Å². The van der Waals surface area contributed by atoms with Gasteiger partial charge >= 0.3 is 12.1 Å². The highest BCUT2D eigenvalue weighted by Gasteiger charge is 2.20. The lowest BCUT2D eigenvalue weighted by molar-refractivity contribution is -0.130. The number of allylic oxidation sites excluding steroid dienone is 1. The Morgan fingerprint density at radius 2 is 2.05 bits per heavy atom. The molecule has 7 heteroatoms. The maximum Gasteiger partial charge on any atom is 0.413 e. The summed E-state index contributed by atoms with van der Waals surface area (Å²) in [5, 5.41) is 13.7. The van der Waals surface area contributed by atoms with Crippen LogP contribution in [0, 0.1) is 0 Å². The molecule has 1 rings (SSSR count). The second kappa shape index (κ2) is 6.71. The minimum Gasteiger partial charge on any atom is -0.478 e. The maximum atomic E-state index is 11.6. The van der Waals surface area contributed by atoms with Crippen LogP contribution < -0.4 is 5.32 Å². The van der Waals surface area contributed by atoms with Gasteiger partial charge in [0.15, 0.2) is 5.13 Å². The lowest BCUT2D eigenvalue weighted by Crippen LogP contribution is -2.27. The first kappa shape index (κ1) is 17.2. The number of nitrogens with zero attached hydrogens (tertiary/aromatic N) is 1. The molecule has 1 heterocycles. The highest BCUT2D eigenvalue weighted by molar-refractivity contribution is 7.14. The van der Waals surface area contributed by atoms with E-state index in [1.807, 2.05) is 6.92 Å². The molecule has 6 nitrogen and oxygen atoms in total. The molecule has 0 unspecified atom stereocenters. The first-order valence-electron chi connectivity index (χ1n) is 6.53. The number of amides is 1. The van der Waals surface area contributed by atoms with Crippen LogP contribution in [0.1, 0.15) is 46.7 Å². The zero-order chi connectivity index (χ0) is 16.2. The minimum atomic E-state index is -1.02. The van der Waals surface area contributed by atoms with E-state index in [2.05, 4.69) is 10.3 Å². The van der Waals surface area contributed by atoms with Crippen molar-refractivity contribution in [2.45, 2.75) is 46.6 Å². The van der Waals surface area contributed by atoms with E-state index in [1.165, 1.54) is 0 Å². The van der Waals surface area contributed by atoms with Gasteiger partial charge in [-0.3, -0.25) is 5.32 Å². The Morgan fingerprint density at radius 3 is 2.52 bits per heavy atom. The fraction of sp³-hybridized carbons (Fsp3) is 0.500. The Hall–Kier alpha value is -1.89. The number of nitrogens with one attached hydrogen (secondary N) is 1. The van der Waals surface area contributed by atoms with Crippen molar-refractivity contribution < 1.29 is 19.4 Å². The van der Waals surface area contributed by atoms with Gasteiger partial charge in [0.1, 0.15) is 5.60 Å². The van der Waals surface area contributed by atoms with Crippen LogP contribution >= 0.6 is 11.3 Å². The van der Waals surface area contributed by atoms with Crippen LogP contribution in [0.5, 0.6) is 0 Å². The average Bonchev–Trinajstić information content (AvgIpc) is 2.73. The summed E-state index contributed by atoms with van der Waals surface area (Å²) < 4.78 is 5.12. The van der Waals surface area contributed by atoms with Gasteiger partial charge in [0, 0.05) is 5.38 Å². The van der Waals surface area contributed by atoms with Crippen molar-refractivity contribution in [1.29, 1.82) is 0 Å². The lowest BCUT2D eigenvalue weighted by atomic mass is 10.1. The summed E-state index contributed by atoms with van der Waals surface area (Å²) in [6.07, 6.45) is 0.00465. The molecule has 0 aliphatic rings. The summed E-state index contributed by atoms with van der Waals surface area (Å²) in [7, 11) is 0. The van der Waals surface area contributed by atoms with Gasteiger partial charge < -0.3 is 9.84 Å². The number of aliphatic carboxylic acids is 1. The second-order valence-electron chi connectivity index (χ2n) is 5.48. The summed E-state index contributed by atoms with van der Waals surface area (Å²) >= 11 is 1.16. The molecule has 1 aromatic heterocycles. The number of carboxylic acids is 1. The molecule has 2 N–H and O–H groups in total.